The molecule has 3 aliphatic rings. The Hall–Kier alpha value is -1.30. The number of hydrogen-bond acceptors (Lipinski definition) is 3. The lowest BCUT2D eigenvalue weighted by Gasteiger charge is -2.28. The third-order valence-electron chi connectivity index (χ3n) is 4.58. The summed E-state index contributed by atoms with van der Waals surface area (Å²) in [4.78, 5) is 25.3. The van der Waals surface area contributed by atoms with Crippen molar-refractivity contribution in [1.82, 2.24) is 10.2 Å². The van der Waals surface area contributed by atoms with Gasteiger partial charge in [0.1, 0.15) is 0 Å². The summed E-state index contributed by atoms with van der Waals surface area (Å²) in [7, 11) is 0. The van der Waals surface area contributed by atoms with Gasteiger partial charge in [-0.25, -0.2) is 4.79 Å². The van der Waals surface area contributed by atoms with Gasteiger partial charge in [-0.1, -0.05) is 0 Å². The highest BCUT2D eigenvalue weighted by molar-refractivity contribution is 5.79. The highest BCUT2D eigenvalue weighted by Gasteiger charge is 2.51. The van der Waals surface area contributed by atoms with Gasteiger partial charge in [0, 0.05) is 18.7 Å². The summed E-state index contributed by atoms with van der Waals surface area (Å²) in [6.45, 7) is 1.33. The number of ether oxygens (including phenoxy) is 1. The van der Waals surface area contributed by atoms with E-state index in [0.717, 1.165) is 32.3 Å². The number of urea groups is 1. The molecule has 3 saturated heterocycles. The lowest BCUT2D eigenvalue weighted by atomic mass is 9.89. The molecule has 0 aromatic carbocycles. The molecule has 0 aromatic rings. The van der Waals surface area contributed by atoms with Crippen molar-refractivity contribution in [3.05, 3.63) is 0 Å². The minimum absolute atomic E-state index is 0.0736. The molecular formula is C13H20N2O4. The van der Waals surface area contributed by atoms with E-state index in [1.54, 1.807) is 4.90 Å². The fourth-order valence-electron chi connectivity index (χ4n) is 3.67. The highest BCUT2D eigenvalue weighted by Crippen LogP contribution is 2.41. The van der Waals surface area contributed by atoms with Gasteiger partial charge >= 0.3 is 12.0 Å². The van der Waals surface area contributed by atoms with Crippen LogP contribution in [0, 0.1) is 5.92 Å². The molecule has 3 fully saturated rings. The average Bonchev–Trinajstić information content (AvgIpc) is 2.97. The minimum Gasteiger partial charge on any atom is -0.481 e. The molecule has 0 aromatic heterocycles. The largest absolute Gasteiger partial charge is 0.481 e. The fraction of sp³-hybridized carbons (Fsp3) is 0.846. The van der Waals surface area contributed by atoms with Crippen LogP contribution in [0.15, 0.2) is 0 Å². The normalized spacial score (nSPS) is 37.4. The van der Waals surface area contributed by atoms with Gasteiger partial charge in [0.05, 0.1) is 18.6 Å². The van der Waals surface area contributed by atoms with Crippen molar-refractivity contribution < 1.29 is 19.4 Å². The van der Waals surface area contributed by atoms with E-state index in [0.29, 0.717) is 13.0 Å². The molecule has 0 radical (unpaired) electrons. The first kappa shape index (κ1) is 12.7. The smallest absolute Gasteiger partial charge is 0.318 e. The van der Waals surface area contributed by atoms with Gasteiger partial charge in [-0.15, -0.1) is 0 Å². The van der Waals surface area contributed by atoms with Gasteiger partial charge in [-0.05, 0) is 32.1 Å². The molecule has 2 N–H and O–H groups in total. The molecule has 4 unspecified atom stereocenters. The second-order valence-corrected chi connectivity index (χ2v) is 5.75. The molecule has 0 saturated carbocycles. The van der Waals surface area contributed by atoms with E-state index in [1.807, 2.05) is 0 Å². The van der Waals surface area contributed by atoms with Gasteiger partial charge in [-0.2, -0.15) is 0 Å². The molecule has 0 spiro atoms. The third kappa shape index (κ3) is 2.29. The van der Waals surface area contributed by atoms with Crippen LogP contribution in [0.2, 0.25) is 0 Å². The van der Waals surface area contributed by atoms with Crippen LogP contribution in [-0.4, -0.2) is 53.3 Å². The maximum absolute atomic E-state index is 12.3. The number of rotatable bonds is 2. The van der Waals surface area contributed by atoms with Crippen LogP contribution in [0.25, 0.3) is 0 Å². The van der Waals surface area contributed by atoms with E-state index in [2.05, 4.69) is 5.32 Å². The van der Waals surface area contributed by atoms with Crippen molar-refractivity contribution in [3.8, 4) is 0 Å². The summed E-state index contributed by atoms with van der Waals surface area (Å²) in [5.74, 6) is -1.15. The van der Waals surface area contributed by atoms with Gasteiger partial charge in [0.15, 0.2) is 0 Å². The lowest BCUT2D eigenvalue weighted by molar-refractivity contribution is -0.142. The van der Waals surface area contributed by atoms with Gasteiger partial charge in [-0.3, -0.25) is 4.79 Å². The van der Waals surface area contributed by atoms with Gasteiger partial charge in [0.2, 0.25) is 0 Å². The predicted octanol–water partition coefficient (Wildman–Crippen LogP) is 0.812. The number of carboxylic acids is 1. The Morgan fingerprint density at radius 1 is 1.26 bits per heavy atom. The standard InChI is InChI=1S/C13H20N2O4/c16-12(17)10-6-9-3-4-11(10)15(9)13(18)14-8-2-1-5-19-7-8/h8-11H,1-7H2,(H,14,18)(H,16,17). The number of fused-ring (bicyclic) bond motifs is 2. The second-order valence-electron chi connectivity index (χ2n) is 5.75. The van der Waals surface area contributed by atoms with Crippen LogP contribution < -0.4 is 5.32 Å². The summed E-state index contributed by atoms with van der Waals surface area (Å²) < 4.78 is 5.35. The first-order valence-electron chi connectivity index (χ1n) is 7.06. The van der Waals surface area contributed by atoms with E-state index < -0.39 is 5.97 Å². The predicted molar refractivity (Wildman–Crippen MR) is 66.8 cm³/mol. The van der Waals surface area contributed by atoms with E-state index >= 15 is 0 Å². The van der Waals surface area contributed by atoms with Crippen molar-refractivity contribution in [2.24, 2.45) is 5.92 Å². The summed E-state index contributed by atoms with van der Waals surface area (Å²) in [6, 6.07) is -0.0427. The summed E-state index contributed by atoms with van der Waals surface area (Å²) >= 11 is 0. The minimum atomic E-state index is -0.772. The Morgan fingerprint density at radius 3 is 2.74 bits per heavy atom. The zero-order valence-electron chi connectivity index (χ0n) is 10.9. The number of carbonyl (C=O) groups is 2. The molecule has 6 heteroatoms. The van der Waals surface area contributed by atoms with Crippen molar-refractivity contribution in [1.29, 1.82) is 0 Å². The summed E-state index contributed by atoms with van der Waals surface area (Å²) in [5, 5.41) is 12.2. The molecule has 4 atom stereocenters. The quantitative estimate of drug-likeness (QED) is 0.777. The average molecular weight is 268 g/mol. The fourth-order valence-corrected chi connectivity index (χ4v) is 3.67. The molecule has 3 aliphatic heterocycles. The molecule has 6 nitrogen and oxygen atoms in total. The molecule has 19 heavy (non-hydrogen) atoms. The maximum Gasteiger partial charge on any atom is 0.318 e. The van der Waals surface area contributed by atoms with E-state index in [-0.39, 0.29) is 30.1 Å². The van der Waals surface area contributed by atoms with Crippen molar-refractivity contribution in [3.63, 3.8) is 0 Å². The molecular weight excluding hydrogens is 248 g/mol. The Kier molecular flexibility index (Phi) is 3.35. The van der Waals surface area contributed by atoms with Crippen LogP contribution in [0.3, 0.4) is 0 Å². The Bertz CT molecular complexity index is 381. The summed E-state index contributed by atoms with van der Waals surface area (Å²) in [6.07, 6.45) is 4.26. The van der Waals surface area contributed by atoms with Crippen LogP contribution >= 0.6 is 0 Å². The van der Waals surface area contributed by atoms with Crippen LogP contribution in [0.1, 0.15) is 32.1 Å². The zero-order valence-corrected chi connectivity index (χ0v) is 10.9. The maximum atomic E-state index is 12.3. The second kappa shape index (κ2) is 5.00. The number of amides is 2. The molecule has 2 bridgehead atoms. The summed E-state index contributed by atoms with van der Waals surface area (Å²) in [5.41, 5.74) is 0. The van der Waals surface area contributed by atoms with E-state index in [4.69, 9.17) is 4.74 Å². The van der Waals surface area contributed by atoms with Crippen molar-refractivity contribution >= 4 is 12.0 Å². The number of hydrogen-bond donors (Lipinski definition) is 2. The van der Waals surface area contributed by atoms with Crippen molar-refractivity contribution in [2.75, 3.05) is 13.2 Å². The van der Waals surface area contributed by atoms with Gasteiger partial charge < -0.3 is 20.1 Å². The monoisotopic (exact) mass is 268 g/mol. The SMILES string of the molecule is O=C(O)C1CC2CCC1N2C(=O)NC1CCCOC1. The molecule has 106 valence electrons. The third-order valence-corrected chi connectivity index (χ3v) is 4.58. The van der Waals surface area contributed by atoms with Crippen LogP contribution in [-0.2, 0) is 9.53 Å². The number of nitrogens with zero attached hydrogens (tertiary/aromatic N) is 1. The molecule has 3 heterocycles. The van der Waals surface area contributed by atoms with E-state index in [1.165, 1.54) is 0 Å². The first-order valence-corrected chi connectivity index (χ1v) is 7.06. The lowest BCUT2D eigenvalue weighted by Crippen LogP contribution is -2.50. The van der Waals surface area contributed by atoms with Crippen LogP contribution in [0.4, 0.5) is 4.79 Å². The molecule has 0 aliphatic carbocycles. The molecule has 3 rings (SSSR count). The highest BCUT2D eigenvalue weighted by atomic mass is 16.5. The first-order chi connectivity index (χ1) is 9.16. The zero-order chi connectivity index (χ0) is 13.4. The van der Waals surface area contributed by atoms with Crippen LogP contribution in [0.5, 0.6) is 0 Å². The number of carbonyl (C=O) groups excluding carboxylic acids is 1. The van der Waals surface area contributed by atoms with Gasteiger partial charge in [0.25, 0.3) is 0 Å². The Labute approximate surface area is 112 Å². The van der Waals surface area contributed by atoms with E-state index in [9.17, 15) is 14.7 Å². The number of carboxylic acid groups (broad SMARTS) is 1. The number of nitrogens with one attached hydrogen (secondary N) is 1. The number of aliphatic carboxylic acids is 1. The topological polar surface area (TPSA) is 78.9 Å². The Morgan fingerprint density at radius 2 is 2.11 bits per heavy atom. The Balaban J connectivity index is 1.62. The van der Waals surface area contributed by atoms with Crippen molar-refractivity contribution in [2.45, 2.75) is 50.2 Å². The molecule has 2 amide bonds.